The summed E-state index contributed by atoms with van der Waals surface area (Å²) in [5.74, 6) is 0.0412. The average Bonchev–Trinajstić information content (AvgIpc) is 3.03. The van der Waals surface area contributed by atoms with Crippen LogP contribution in [0.5, 0.6) is 0 Å². The van der Waals surface area contributed by atoms with Crippen molar-refractivity contribution in [1.29, 1.82) is 0 Å². The highest BCUT2D eigenvalue weighted by Crippen LogP contribution is 2.58. The van der Waals surface area contributed by atoms with Crippen molar-refractivity contribution in [3.8, 4) is 0 Å². The van der Waals surface area contributed by atoms with Gasteiger partial charge in [0.1, 0.15) is 5.54 Å². The highest BCUT2D eigenvalue weighted by Gasteiger charge is 2.71. The molecule has 0 bridgehead atoms. The third-order valence-corrected chi connectivity index (χ3v) is 5.18. The van der Waals surface area contributed by atoms with E-state index in [4.69, 9.17) is 10.5 Å². The van der Waals surface area contributed by atoms with Crippen LogP contribution in [0, 0.1) is 11.3 Å². The third-order valence-electron chi connectivity index (χ3n) is 5.18. The Morgan fingerprint density at radius 3 is 3.05 bits per heavy atom. The van der Waals surface area contributed by atoms with Crippen molar-refractivity contribution in [3.05, 3.63) is 18.0 Å². The molecule has 0 radical (unpaired) electrons. The number of fused-ring (bicyclic) bond motifs is 1. The van der Waals surface area contributed by atoms with E-state index in [0.717, 1.165) is 12.1 Å². The maximum absolute atomic E-state index is 12.6. The first-order valence-corrected chi connectivity index (χ1v) is 7.04. The van der Waals surface area contributed by atoms with Crippen LogP contribution in [0.25, 0.3) is 0 Å². The number of hydrogen-bond donors (Lipinski definition) is 2. The van der Waals surface area contributed by atoms with Crippen LogP contribution in [-0.2, 0) is 23.1 Å². The first kappa shape index (κ1) is 13.6. The molecule has 2 aliphatic rings. The van der Waals surface area contributed by atoms with Gasteiger partial charge in [0, 0.05) is 31.2 Å². The maximum atomic E-state index is 12.6. The SMILES string of the molecule is Cn1nccc1CNC(=O)C1(N)C2CCOC2C1(C)C. The highest BCUT2D eigenvalue weighted by molar-refractivity contribution is 5.89. The van der Waals surface area contributed by atoms with Gasteiger partial charge in [-0.2, -0.15) is 5.10 Å². The fourth-order valence-electron chi connectivity index (χ4n) is 3.74. The third kappa shape index (κ3) is 1.58. The summed E-state index contributed by atoms with van der Waals surface area (Å²) in [4.78, 5) is 12.6. The zero-order valence-corrected chi connectivity index (χ0v) is 12.2. The predicted molar refractivity (Wildman–Crippen MR) is 73.6 cm³/mol. The zero-order chi connectivity index (χ0) is 14.5. The van der Waals surface area contributed by atoms with E-state index in [1.54, 1.807) is 10.9 Å². The Morgan fingerprint density at radius 1 is 1.65 bits per heavy atom. The summed E-state index contributed by atoms with van der Waals surface area (Å²) in [5, 5.41) is 7.04. The van der Waals surface area contributed by atoms with Crippen LogP contribution in [0.4, 0.5) is 0 Å². The van der Waals surface area contributed by atoms with E-state index in [1.165, 1.54) is 0 Å². The van der Waals surface area contributed by atoms with Crippen molar-refractivity contribution in [1.82, 2.24) is 15.1 Å². The Balaban J connectivity index is 1.72. The lowest BCUT2D eigenvalue weighted by molar-refractivity contribution is -0.175. The first-order chi connectivity index (χ1) is 9.39. The summed E-state index contributed by atoms with van der Waals surface area (Å²) in [6.45, 7) is 5.18. The Labute approximate surface area is 118 Å². The van der Waals surface area contributed by atoms with E-state index in [0.29, 0.717) is 13.2 Å². The van der Waals surface area contributed by atoms with Gasteiger partial charge in [0.25, 0.3) is 0 Å². The van der Waals surface area contributed by atoms with Crippen molar-refractivity contribution in [3.63, 3.8) is 0 Å². The van der Waals surface area contributed by atoms with E-state index < -0.39 is 5.54 Å². The van der Waals surface area contributed by atoms with Gasteiger partial charge in [-0.25, -0.2) is 0 Å². The lowest BCUT2D eigenvalue weighted by Gasteiger charge is -2.60. The van der Waals surface area contributed by atoms with Crippen molar-refractivity contribution >= 4 is 5.91 Å². The summed E-state index contributed by atoms with van der Waals surface area (Å²) in [6.07, 6.45) is 2.69. The molecule has 0 aromatic carbocycles. The van der Waals surface area contributed by atoms with E-state index in [2.05, 4.69) is 10.4 Å². The van der Waals surface area contributed by atoms with Crippen LogP contribution in [0.3, 0.4) is 0 Å². The number of nitrogens with two attached hydrogens (primary N) is 1. The van der Waals surface area contributed by atoms with Gasteiger partial charge in [0.05, 0.1) is 18.3 Å². The maximum Gasteiger partial charge on any atom is 0.241 e. The number of carbonyl (C=O) groups excluding carboxylic acids is 1. The average molecular weight is 278 g/mol. The monoisotopic (exact) mass is 278 g/mol. The van der Waals surface area contributed by atoms with E-state index in [9.17, 15) is 4.79 Å². The van der Waals surface area contributed by atoms with Gasteiger partial charge in [-0.05, 0) is 12.5 Å². The molecule has 0 spiro atoms. The highest BCUT2D eigenvalue weighted by atomic mass is 16.5. The van der Waals surface area contributed by atoms with Gasteiger partial charge in [-0.3, -0.25) is 9.48 Å². The molecule has 3 unspecified atom stereocenters. The minimum atomic E-state index is -0.841. The minimum Gasteiger partial charge on any atom is -0.377 e. The van der Waals surface area contributed by atoms with Crippen LogP contribution in [-0.4, -0.2) is 33.9 Å². The molecule has 1 amide bonds. The molecule has 3 N–H and O–H groups in total. The van der Waals surface area contributed by atoms with Crippen LogP contribution in [0.15, 0.2) is 12.3 Å². The first-order valence-electron chi connectivity index (χ1n) is 7.04. The van der Waals surface area contributed by atoms with Gasteiger partial charge in [-0.15, -0.1) is 0 Å². The largest absolute Gasteiger partial charge is 0.377 e. The van der Waals surface area contributed by atoms with Crippen LogP contribution >= 0.6 is 0 Å². The Morgan fingerprint density at radius 2 is 2.40 bits per heavy atom. The second-order valence-electron chi connectivity index (χ2n) is 6.41. The molecule has 3 atom stereocenters. The molecule has 1 aromatic heterocycles. The number of ether oxygens (including phenoxy) is 1. The Kier molecular flexibility index (Phi) is 2.92. The lowest BCUT2D eigenvalue weighted by Crippen LogP contribution is -2.80. The molecule has 6 nitrogen and oxygen atoms in total. The smallest absolute Gasteiger partial charge is 0.241 e. The van der Waals surface area contributed by atoms with Gasteiger partial charge in [0.15, 0.2) is 0 Å². The molecular formula is C14H22N4O2. The van der Waals surface area contributed by atoms with E-state index in [1.807, 2.05) is 27.0 Å². The molecule has 1 aliphatic heterocycles. The molecule has 2 heterocycles. The molecular weight excluding hydrogens is 256 g/mol. The molecule has 20 heavy (non-hydrogen) atoms. The van der Waals surface area contributed by atoms with Gasteiger partial charge in [-0.1, -0.05) is 13.8 Å². The number of nitrogens with zero attached hydrogens (tertiary/aromatic N) is 2. The van der Waals surface area contributed by atoms with Gasteiger partial charge >= 0.3 is 0 Å². The molecule has 1 aliphatic carbocycles. The molecule has 1 saturated carbocycles. The number of nitrogens with one attached hydrogen (secondary N) is 1. The standard InChI is InChI=1S/C14H22N4O2/c1-13(2)11-10(5-7-20-11)14(13,15)12(19)16-8-9-4-6-17-18(9)3/h4,6,10-11H,5,7-8,15H2,1-3H3,(H,16,19). The summed E-state index contributed by atoms with van der Waals surface area (Å²) in [6, 6.07) is 1.89. The number of aromatic nitrogens is 2. The van der Waals surface area contributed by atoms with Crippen LogP contribution in [0.1, 0.15) is 26.0 Å². The molecule has 110 valence electrons. The fraction of sp³-hybridized carbons (Fsp3) is 0.714. The number of aryl methyl sites for hydroxylation is 1. The van der Waals surface area contributed by atoms with Crippen LogP contribution < -0.4 is 11.1 Å². The summed E-state index contributed by atoms with van der Waals surface area (Å²) >= 11 is 0. The second kappa shape index (κ2) is 4.30. The van der Waals surface area contributed by atoms with Gasteiger partial charge in [0.2, 0.25) is 5.91 Å². The number of hydrogen-bond acceptors (Lipinski definition) is 4. The van der Waals surface area contributed by atoms with Gasteiger partial charge < -0.3 is 15.8 Å². The summed E-state index contributed by atoms with van der Waals surface area (Å²) in [5.41, 5.74) is 6.26. The van der Waals surface area contributed by atoms with E-state index in [-0.39, 0.29) is 23.3 Å². The number of rotatable bonds is 3. The van der Waals surface area contributed by atoms with Crippen molar-refractivity contribution in [2.45, 2.75) is 38.5 Å². The Bertz CT molecular complexity index is 539. The molecule has 1 saturated heterocycles. The number of amides is 1. The number of carbonyl (C=O) groups is 1. The Hall–Kier alpha value is -1.40. The fourth-order valence-corrected chi connectivity index (χ4v) is 3.74. The van der Waals surface area contributed by atoms with Crippen molar-refractivity contribution in [2.24, 2.45) is 24.1 Å². The predicted octanol–water partition coefficient (Wildman–Crippen LogP) is 0.179. The summed E-state index contributed by atoms with van der Waals surface area (Å²) < 4.78 is 7.46. The topological polar surface area (TPSA) is 82.2 Å². The van der Waals surface area contributed by atoms with E-state index >= 15 is 0 Å². The quantitative estimate of drug-likeness (QED) is 0.826. The van der Waals surface area contributed by atoms with Crippen LogP contribution in [0.2, 0.25) is 0 Å². The summed E-state index contributed by atoms with van der Waals surface area (Å²) in [7, 11) is 1.85. The molecule has 6 heteroatoms. The second-order valence-corrected chi connectivity index (χ2v) is 6.41. The van der Waals surface area contributed by atoms with Crippen molar-refractivity contribution in [2.75, 3.05) is 6.61 Å². The minimum absolute atomic E-state index is 0.0875. The normalized spacial score (nSPS) is 34.4. The lowest BCUT2D eigenvalue weighted by atomic mass is 9.48. The molecule has 1 aromatic rings. The molecule has 3 rings (SSSR count). The zero-order valence-electron chi connectivity index (χ0n) is 12.2. The molecule has 2 fully saturated rings. The van der Waals surface area contributed by atoms with Crippen molar-refractivity contribution < 1.29 is 9.53 Å².